The first-order valence-corrected chi connectivity index (χ1v) is 16.8. The van der Waals surface area contributed by atoms with Crippen molar-refractivity contribution < 1.29 is 21.9 Å². The third-order valence-corrected chi connectivity index (χ3v) is 8.84. The van der Waals surface area contributed by atoms with Crippen LogP contribution in [0.1, 0.15) is 36.6 Å². The number of halogens is 3. The summed E-state index contributed by atoms with van der Waals surface area (Å²) in [7, 11) is -3.85. The maximum Gasteiger partial charge on any atom is 0.387 e. The van der Waals surface area contributed by atoms with Gasteiger partial charge in [-0.2, -0.15) is 8.78 Å². The van der Waals surface area contributed by atoms with Crippen molar-refractivity contribution in [2.45, 2.75) is 57.5 Å². The van der Waals surface area contributed by atoms with Crippen LogP contribution >= 0.6 is 11.6 Å². The molecule has 0 spiro atoms. The van der Waals surface area contributed by atoms with Crippen LogP contribution in [0.5, 0.6) is 5.75 Å². The summed E-state index contributed by atoms with van der Waals surface area (Å²) in [6.07, 6.45) is 1.94. The molecule has 0 amide bonds. The van der Waals surface area contributed by atoms with Gasteiger partial charge in [0.2, 0.25) is 10.0 Å². The molecule has 46 heavy (non-hydrogen) atoms. The van der Waals surface area contributed by atoms with E-state index in [-0.39, 0.29) is 10.6 Å². The highest BCUT2D eigenvalue weighted by atomic mass is 35.5. The molecule has 0 fully saturated rings. The Bertz CT molecular complexity index is 1850. The Balaban J connectivity index is 1.60. The maximum atomic E-state index is 12.9. The lowest BCUT2D eigenvalue weighted by Gasteiger charge is -2.25. The first-order chi connectivity index (χ1) is 22.1. The van der Waals surface area contributed by atoms with E-state index in [4.69, 9.17) is 21.7 Å². The molecule has 0 bridgehead atoms. The second kappa shape index (κ2) is 15.0. The number of rotatable bonds is 14. The molecule has 7 nitrogen and oxygen atoms in total. The lowest BCUT2D eigenvalue weighted by Crippen LogP contribution is -2.25. The summed E-state index contributed by atoms with van der Waals surface area (Å²) in [4.78, 5) is 7.40. The van der Waals surface area contributed by atoms with Gasteiger partial charge in [0.15, 0.2) is 0 Å². The number of sulfonamides is 1. The number of nitrogens with two attached hydrogens (primary N) is 1. The van der Waals surface area contributed by atoms with Crippen LogP contribution in [0, 0.1) is 0 Å². The van der Waals surface area contributed by atoms with Gasteiger partial charge in [0.1, 0.15) is 11.6 Å². The van der Waals surface area contributed by atoms with Crippen molar-refractivity contribution in [2.24, 2.45) is 5.14 Å². The number of aromatic nitrogens is 2. The van der Waals surface area contributed by atoms with Gasteiger partial charge in [-0.1, -0.05) is 104 Å². The van der Waals surface area contributed by atoms with E-state index in [9.17, 15) is 17.2 Å². The van der Waals surface area contributed by atoms with Crippen molar-refractivity contribution >= 4 is 21.6 Å². The lowest BCUT2D eigenvalue weighted by molar-refractivity contribution is -0.0498. The molecule has 1 aromatic heterocycles. The van der Waals surface area contributed by atoms with Crippen LogP contribution in [0.2, 0.25) is 5.02 Å². The highest BCUT2D eigenvalue weighted by Crippen LogP contribution is 2.33. The number of benzene rings is 4. The van der Waals surface area contributed by atoms with Crippen LogP contribution in [-0.4, -0.2) is 29.5 Å². The maximum absolute atomic E-state index is 12.9. The molecule has 0 radical (unpaired) electrons. The molecule has 1 heterocycles. The van der Waals surface area contributed by atoms with Gasteiger partial charge in [0, 0.05) is 42.3 Å². The van der Waals surface area contributed by atoms with Gasteiger partial charge in [-0.3, -0.25) is 4.90 Å². The topological polar surface area (TPSA) is 90.5 Å². The number of ether oxygens (including phenoxy) is 1. The number of hydrogen-bond acceptors (Lipinski definition) is 5. The first kappa shape index (κ1) is 33.3. The molecule has 0 unspecified atom stereocenters. The molecule has 0 aliphatic carbocycles. The Labute approximate surface area is 273 Å². The van der Waals surface area contributed by atoms with Crippen molar-refractivity contribution in [3.05, 3.63) is 125 Å². The van der Waals surface area contributed by atoms with Crippen LogP contribution in [0.25, 0.3) is 22.6 Å². The highest BCUT2D eigenvalue weighted by Gasteiger charge is 2.23. The zero-order valence-corrected chi connectivity index (χ0v) is 26.9. The van der Waals surface area contributed by atoms with E-state index >= 15 is 0 Å². The van der Waals surface area contributed by atoms with E-state index in [0.717, 1.165) is 53.3 Å². The number of hydrogen-bond donors (Lipinski definition) is 1. The zero-order chi connectivity index (χ0) is 32.7. The molecule has 0 saturated heterocycles. The fourth-order valence-corrected chi connectivity index (χ4v) is 6.08. The summed E-state index contributed by atoms with van der Waals surface area (Å²) < 4.78 is 56.3. The van der Waals surface area contributed by atoms with Gasteiger partial charge in [-0.25, -0.2) is 18.5 Å². The fraction of sp³-hybridized carbons (Fsp3) is 0.229. The molecular formula is C35H35ClF2N4O3S. The minimum atomic E-state index is -3.85. The molecule has 2 N–H and O–H groups in total. The Morgan fingerprint density at radius 1 is 0.891 bits per heavy atom. The predicted molar refractivity (Wildman–Crippen MR) is 177 cm³/mol. The van der Waals surface area contributed by atoms with Crippen molar-refractivity contribution in [2.75, 3.05) is 0 Å². The normalized spacial score (nSPS) is 11.8. The SMILES string of the molecule is CCCCn1c(-c2ccccc2)nc(-c2ccccc2)c1CN(Cc1ccc(S(N)(=O)=O)cc1)Cc1ccc(OC(F)F)cc1Cl. The van der Waals surface area contributed by atoms with Gasteiger partial charge in [-0.05, 0) is 41.8 Å². The van der Waals surface area contributed by atoms with E-state index in [1.54, 1.807) is 18.2 Å². The average Bonchev–Trinajstić information content (AvgIpc) is 3.39. The van der Waals surface area contributed by atoms with Crippen LogP contribution in [0.15, 0.2) is 108 Å². The summed E-state index contributed by atoms with van der Waals surface area (Å²) in [5.41, 5.74) is 5.42. The number of primary sulfonamides is 1. The molecular weight excluding hydrogens is 630 g/mol. The molecule has 240 valence electrons. The van der Waals surface area contributed by atoms with E-state index in [1.165, 1.54) is 24.3 Å². The molecule has 0 saturated carbocycles. The van der Waals surface area contributed by atoms with Crippen molar-refractivity contribution in [1.29, 1.82) is 0 Å². The minimum Gasteiger partial charge on any atom is -0.435 e. The first-order valence-electron chi connectivity index (χ1n) is 14.9. The van der Waals surface area contributed by atoms with Gasteiger partial charge >= 0.3 is 6.61 Å². The van der Waals surface area contributed by atoms with E-state index < -0.39 is 16.6 Å². The van der Waals surface area contributed by atoms with E-state index in [1.807, 2.05) is 48.5 Å². The van der Waals surface area contributed by atoms with Crippen LogP contribution in [-0.2, 0) is 36.2 Å². The van der Waals surface area contributed by atoms with Crippen molar-refractivity contribution in [3.8, 4) is 28.4 Å². The molecule has 4 aromatic carbocycles. The Morgan fingerprint density at radius 3 is 2.13 bits per heavy atom. The number of unbranched alkanes of at least 4 members (excludes halogenated alkanes) is 1. The molecule has 11 heteroatoms. The monoisotopic (exact) mass is 664 g/mol. The largest absolute Gasteiger partial charge is 0.435 e. The second-order valence-electron chi connectivity index (χ2n) is 10.9. The van der Waals surface area contributed by atoms with Crippen LogP contribution in [0.4, 0.5) is 8.78 Å². The average molecular weight is 665 g/mol. The Kier molecular flexibility index (Phi) is 10.9. The Morgan fingerprint density at radius 2 is 1.54 bits per heavy atom. The Hall–Kier alpha value is -4.09. The summed E-state index contributed by atoms with van der Waals surface area (Å²) in [5, 5.41) is 5.62. The summed E-state index contributed by atoms with van der Waals surface area (Å²) in [6.45, 7) is 1.18. The quantitative estimate of drug-likeness (QED) is 0.129. The second-order valence-corrected chi connectivity index (χ2v) is 12.9. The van der Waals surface area contributed by atoms with Crippen molar-refractivity contribution in [3.63, 3.8) is 0 Å². The van der Waals surface area contributed by atoms with E-state index in [2.05, 4.69) is 33.3 Å². The number of nitrogens with zero attached hydrogens (tertiary/aromatic N) is 3. The van der Waals surface area contributed by atoms with Gasteiger partial charge in [0.05, 0.1) is 16.3 Å². The van der Waals surface area contributed by atoms with Gasteiger partial charge in [0.25, 0.3) is 0 Å². The third-order valence-electron chi connectivity index (χ3n) is 7.56. The summed E-state index contributed by atoms with van der Waals surface area (Å²) >= 11 is 6.60. The highest BCUT2D eigenvalue weighted by molar-refractivity contribution is 7.89. The third kappa shape index (κ3) is 8.38. The van der Waals surface area contributed by atoms with Crippen molar-refractivity contribution in [1.82, 2.24) is 14.5 Å². The lowest BCUT2D eigenvalue weighted by atomic mass is 10.1. The minimum absolute atomic E-state index is 0.0228. The van der Waals surface area contributed by atoms with Gasteiger partial charge < -0.3 is 9.30 Å². The number of imidazole rings is 1. The number of alkyl halides is 2. The summed E-state index contributed by atoms with van der Waals surface area (Å²) in [6, 6.07) is 31.1. The van der Waals surface area contributed by atoms with E-state index in [0.29, 0.717) is 30.2 Å². The molecule has 0 atom stereocenters. The smallest absolute Gasteiger partial charge is 0.387 e. The van der Waals surface area contributed by atoms with Gasteiger partial charge in [-0.15, -0.1) is 0 Å². The predicted octanol–water partition coefficient (Wildman–Crippen LogP) is 8.12. The summed E-state index contributed by atoms with van der Waals surface area (Å²) in [5.74, 6) is 0.845. The van der Waals surface area contributed by atoms with Crippen LogP contribution in [0.3, 0.4) is 0 Å². The molecule has 0 aliphatic rings. The zero-order valence-electron chi connectivity index (χ0n) is 25.3. The van der Waals surface area contributed by atoms with Crippen LogP contribution < -0.4 is 9.88 Å². The molecule has 5 aromatic rings. The molecule has 5 rings (SSSR count). The standard InChI is InChI=1S/C35H35ClF2N4O3S/c1-2-3-20-42-32(33(26-10-6-4-7-11-26)40-34(42)27-12-8-5-9-13-27)24-41(22-25-14-18-30(19-15-25)46(39,43)44)23-28-16-17-29(21-31(28)36)45-35(37)38/h4-19,21,35H,2-3,20,22-24H2,1H3,(H2,39,43,44). The fourth-order valence-electron chi connectivity index (χ4n) is 5.33. The molecule has 0 aliphatic heterocycles.